The van der Waals surface area contributed by atoms with Gasteiger partial charge >= 0.3 is 0 Å². The van der Waals surface area contributed by atoms with Crippen molar-refractivity contribution >= 4 is 0 Å². The third-order valence-electron chi connectivity index (χ3n) is 3.76. The van der Waals surface area contributed by atoms with Gasteiger partial charge in [-0.2, -0.15) is 5.10 Å². The van der Waals surface area contributed by atoms with E-state index in [9.17, 15) is 0 Å². The van der Waals surface area contributed by atoms with Crippen LogP contribution in [-0.4, -0.2) is 15.8 Å². The molecule has 2 atom stereocenters. The van der Waals surface area contributed by atoms with Gasteiger partial charge in [-0.3, -0.25) is 4.68 Å². The summed E-state index contributed by atoms with van der Waals surface area (Å²) in [5, 5.41) is 8.23. The van der Waals surface area contributed by atoms with Crippen molar-refractivity contribution in [3.63, 3.8) is 0 Å². The number of rotatable bonds is 4. The topological polar surface area (TPSA) is 29.9 Å². The molecule has 17 heavy (non-hydrogen) atoms. The van der Waals surface area contributed by atoms with Gasteiger partial charge in [0.15, 0.2) is 0 Å². The predicted molar refractivity (Wildman–Crippen MR) is 70.9 cm³/mol. The molecule has 3 heteroatoms. The van der Waals surface area contributed by atoms with E-state index in [1.807, 2.05) is 11.7 Å². The van der Waals surface area contributed by atoms with Crippen molar-refractivity contribution in [3.05, 3.63) is 17.5 Å². The molecule has 96 valence electrons. The Labute approximate surface area is 105 Å². The van der Waals surface area contributed by atoms with E-state index in [-0.39, 0.29) is 0 Å². The van der Waals surface area contributed by atoms with Gasteiger partial charge in [-0.05, 0) is 31.1 Å². The normalized spacial score (nSPS) is 24.8. The highest BCUT2D eigenvalue weighted by atomic mass is 15.3. The Kier molecular flexibility index (Phi) is 3.87. The third kappa shape index (κ3) is 3.09. The molecule has 2 rings (SSSR count). The van der Waals surface area contributed by atoms with E-state index >= 15 is 0 Å². The zero-order valence-electron chi connectivity index (χ0n) is 11.5. The molecule has 1 aliphatic rings. The fourth-order valence-electron chi connectivity index (χ4n) is 2.82. The maximum absolute atomic E-state index is 4.55. The highest BCUT2D eigenvalue weighted by Gasteiger charge is 2.21. The summed E-state index contributed by atoms with van der Waals surface area (Å²) in [6.07, 6.45) is 6.19. The molecule has 0 amide bonds. The third-order valence-corrected chi connectivity index (χ3v) is 3.76. The van der Waals surface area contributed by atoms with Crippen molar-refractivity contribution in [2.75, 3.05) is 0 Å². The molecule has 0 bridgehead atoms. The maximum Gasteiger partial charge on any atom is 0.0694 e. The van der Waals surface area contributed by atoms with E-state index in [0.717, 1.165) is 12.5 Å². The first-order chi connectivity index (χ1) is 8.06. The molecule has 1 aromatic heterocycles. The Bertz CT molecular complexity index is 368. The van der Waals surface area contributed by atoms with Crippen molar-refractivity contribution < 1.29 is 0 Å². The van der Waals surface area contributed by atoms with Gasteiger partial charge in [-0.1, -0.05) is 20.8 Å². The lowest BCUT2D eigenvalue weighted by atomic mass is 10.1. The number of aryl methyl sites for hydroxylation is 1. The molecule has 1 heterocycles. The largest absolute Gasteiger partial charge is 0.310 e. The average Bonchev–Trinajstić information content (AvgIpc) is 2.82. The minimum absolute atomic E-state index is 0.510. The molecule has 1 fully saturated rings. The zero-order valence-corrected chi connectivity index (χ0v) is 11.5. The Hall–Kier alpha value is -0.830. The molecule has 3 nitrogen and oxygen atoms in total. The van der Waals surface area contributed by atoms with Gasteiger partial charge in [0.25, 0.3) is 0 Å². The second kappa shape index (κ2) is 5.21. The van der Waals surface area contributed by atoms with Crippen molar-refractivity contribution in [1.82, 2.24) is 15.1 Å². The summed E-state index contributed by atoms with van der Waals surface area (Å²) in [4.78, 5) is 0. The van der Waals surface area contributed by atoms with Crippen LogP contribution in [0.2, 0.25) is 0 Å². The Balaban J connectivity index is 1.94. The van der Waals surface area contributed by atoms with E-state index < -0.39 is 0 Å². The first kappa shape index (κ1) is 12.6. The quantitative estimate of drug-likeness (QED) is 0.869. The second-order valence-corrected chi connectivity index (χ2v) is 5.86. The van der Waals surface area contributed by atoms with Crippen LogP contribution in [0.3, 0.4) is 0 Å². The van der Waals surface area contributed by atoms with Gasteiger partial charge in [0.05, 0.1) is 5.69 Å². The van der Waals surface area contributed by atoms with Crippen molar-refractivity contribution in [1.29, 1.82) is 0 Å². The molecule has 1 saturated carbocycles. The molecule has 0 radical (unpaired) electrons. The number of hydrogen-bond donors (Lipinski definition) is 1. The van der Waals surface area contributed by atoms with Crippen LogP contribution in [0.15, 0.2) is 6.20 Å². The number of nitrogens with one attached hydrogen (secondary N) is 1. The van der Waals surface area contributed by atoms with Gasteiger partial charge in [-0.15, -0.1) is 0 Å². The minimum atomic E-state index is 0.510. The highest BCUT2D eigenvalue weighted by Crippen LogP contribution is 2.25. The van der Waals surface area contributed by atoms with E-state index in [2.05, 4.69) is 37.4 Å². The fraction of sp³-hybridized carbons (Fsp3) is 0.786. The second-order valence-electron chi connectivity index (χ2n) is 5.86. The van der Waals surface area contributed by atoms with Crippen LogP contribution in [0, 0.1) is 5.92 Å². The van der Waals surface area contributed by atoms with Gasteiger partial charge in [0.1, 0.15) is 0 Å². The van der Waals surface area contributed by atoms with Gasteiger partial charge in [0, 0.05) is 31.4 Å². The van der Waals surface area contributed by atoms with Gasteiger partial charge in [-0.25, -0.2) is 0 Å². The summed E-state index contributed by atoms with van der Waals surface area (Å²) < 4.78 is 1.93. The summed E-state index contributed by atoms with van der Waals surface area (Å²) in [7, 11) is 2.01. The molecule has 1 aliphatic carbocycles. The first-order valence-electron chi connectivity index (χ1n) is 6.82. The number of nitrogens with zero attached hydrogens (tertiary/aromatic N) is 2. The molecule has 0 aromatic carbocycles. The summed E-state index contributed by atoms with van der Waals surface area (Å²) in [5.41, 5.74) is 2.60. The summed E-state index contributed by atoms with van der Waals surface area (Å²) >= 11 is 0. The molecular formula is C14H25N3. The smallest absolute Gasteiger partial charge is 0.0694 e. The molecular weight excluding hydrogens is 210 g/mol. The fourth-order valence-corrected chi connectivity index (χ4v) is 2.82. The summed E-state index contributed by atoms with van der Waals surface area (Å²) in [6.45, 7) is 7.75. The highest BCUT2D eigenvalue weighted by molar-refractivity contribution is 5.20. The lowest BCUT2D eigenvalue weighted by Gasteiger charge is -2.12. The monoisotopic (exact) mass is 235 g/mol. The lowest BCUT2D eigenvalue weighted by molar-refractivity contribution is 0.500. The Morgan fingerprint density at radius 2 is 2.24 bits per heavy atom. The van der Waals surface area contributed by atoms with Crippen molar-refractivity contribution in [3.8, 4) is 0 Å². The minimum Gasteiger partial charge on any atom is -0.310 e. The van der Waals surface area contributed by atoms with Crippen LogP contribution in [0.1, 0.15) is 57.2 Å². The molecule has 1 N–H and O–H groups in total. The lowest BCUT2D eigenvalue weighted by Crippen LogP contribution is -2.26. The van der Waals surface area contributed by atoms with Gasteiger partial charge < -0.3 is 5.32 Å². The van der Waals surface area contributed by atoms with Crippen LogP contribution in [0.25, 0.3) is 0 Å². The zero-order chi connectivity index (χ0) is 12.4. The molecule has 1 aromatic rings. The van der Waals surface area contributed by atoms with Crippen LogP contribution in [0.4, 0.5) is 0 Å². The van der Waals surface area contributed by atoms with Crippen LogP contribution in [0.5, 0.6) is 0 Å². The van der Waals surface area contributed by atoms with Crippen LogP contribution < -0.4 is 5.32 Å². The number of hydrogen-bond acceptors (Lipinski definition) is 2. The predicted octanol–water partition coefficient (Wildman–Crippen LogP) is 2.82. The SMILES string of the molecule is CC1CCC(NCc2cn(C)nc2C(C)C)C1. The van der Waals surface area contributed by atoms with Crippen LogP contribution in [-0.2, 0) is 13.6 Å². The van der Waals surface area contributed by atoms with Crippen molar-refractivity contribution in [2.45, 2.75) is 58.5 Å². The maximum atomic E-state index is 4.55. The van der Waals surface area contributed by atoms with E-state index in [4.69, 9.17) is 0 Å². The van der Waals surface area contributed by atoms with Crippen molar-refractivity contribution in [2.24, 2.45) is 13.0 Å². The van der Waals surface area contributed by atoms with E-state index in [0.29, 0.717) is 12.0 Å². The van der Waals surface area contributed by atoms with Crippen LogP contribution >= 0.6 is 0 Å². The Morgan fingerprint density at radius 3 is 2.82 bits per heavy atom. The van der Waals surface area contributed by atoms with E-state index in [1.165, 1.54) is 30.5 Å². The standard InChI is InChI=1S/C14H25N3/c1-10(2)14-12(9-17(4)16-14)8-15-13-6-5-11(3)7-13/h9-11,13,15H,5-8H2,1-4H3. The molecule has 2 unspecified atom stereocenters. The molecule has 0 aliphatic heterocycles. The molecule has 0 saturated heterocycles. The van der Waals surface area contributed by atoms with E-state index in [1.54, 1.807) is 0 Å². The number of aromatic nitrogens is 2. The Morgan fingerprint density at radius 1 is 1.47 bits per heavy atom. The average molecular weight is 235 g/mol. The summed E-state index contributed by atoms with van der Waals surface area (Å²) in [6, 6.07) is 0.713. The molecule has 0 spiro atoms. The first-order valence-corrected chi connectivity index (χ1v) is 6.82. The summed E-state index contributed by atoms with van der Waals surface area (Å²) in [5.74, 6) is 1.40. The van der Waals surface area contributed by atoms with Gasteiger partial charge in [0.2, 0.25) is 0 Å².